The average molecular weight is 349 g/mol. The van der Waals surface area contributed by atoms with E-state index < -0.39 is 6.04 Å². The minimum atomic E-state index is -0.516. The van der Waals surface area contributed by atoms with Gasteiger partial charge in [0.1, 0.15) is 11.2 Å². The van der Waals surface area contributed by atoms with Gasteiger partial charge in [0.05, 0.1) is 0 Å². The van der Waals surface area contributed by atoms with Crippen LogP contribution in [-0.4, -0.2) is 57.8 Å². The number of urea groups is 1. The molecular weight excluding hydrogens is 332 g/mol. The number of carbonyl (C=O) groups is 3. The third-order valence-corrected chi connectivity index (χ3v) is 4.47. The summed E-state index contributed by atoms with van der Waals surface area (Å²) < 4.78 is 0. The molecule has 24 heavy (non-hydrogen) atoms. The molecule has 3 rings (SSSR count). The number of nitrogens with zero attached hydrogens (tertiary/aromatic N) is 3. The lowest BCUT2D eigenvalue weighted by atomic mass is 9.97. The molecule has 1 aromatic rings. The summed E-state index contributed by atoms with van der Waals surface area (Å²) in [4.78, 5) is 43.5. The lowest BCUT2D eigenvalue weighted by Gasteiger charge is -2.32. The monoisotopic (exact) mass is 348 g/mol. The number of hydrogen-bond donors (Lipinski definition) is 1. The van der Waals surface area contributed by atoms with Gasteiger partial charge >= 0.3 is 6.03 Å². The van der Waals surface area contributed by atoms with E-state index in [1.165, 1.54) is 23.2 Å². The van der Waals surface area contributed by atoms with Crippen molar-refractivity contribution in [3.8, 4) is 0 Å². The second-order valence-electron chi connectivity index (χ2n) is 5.79. The first kappa shape index (κ1) is 16.4. The Morgan fingerprint density at radius 1 is 1.50 bits per heavy atom. The maximum atomic E-state index is 12.4. The number of aromatic nitrogens is 1. The zero-order chi connectivity index (χ0) is 17.3. The molecule has 0 radical (unpaired) electrons. The van der Waals surface area contributed by atoms with Gasteiger partial charge in [0.15, 0.2) is 0 Å². The summed E-state index contributed by atoms with van der Waals surface area (Å²) in [5, 5.41) is 3.15. The average Bonchev–Trinajstić information content (AvgIpc) is 2.80. The van der Waals surface area contributed by atoms with Crippen LogP contribution in [0.3, 0.4) is 0 Å². The van der Waals surface area contributed by atoms with Gasteiger partial charge in [0.2, 0.25) is 0 Å². The molecule has 0 aliphatic carbocycles. The molecule has 1 aromatic heterocycles. The molecule has 126 valence electrons. The quantitative estimate of drug-likeness (QED) is 0.507. The molecule has 8 heteroatoms. The van der Waals surface area contributed by atoms with Gasteiger partial charge in [-0.05, 0) is 25.0 Å². The predicted molar refractivity (Wildman–Crippen MR) is 87.5 cm³/mol. The van der Waals surface area contributed by atoms with Gasteiger partial charge in [-0.25, -0.2) is 9.78 Å². The molecule has 0 spiro atoms. The van der Waals surface area contributed by atoms with Crippen LogP contribution >= 0.6 is 11.6 Å². The van der Waals surface area contributed by atoms with Crippen molar-refractivity contribution in [1.29, 1.82) is 0 Å². The van der Waals surface area contributed by atoms with Crippen molar-refractivity contribution in [3.05, 3.63) is 41.7 Å². The largest absolute Gasteiger partial charge is 0.349 e. The van der Waals surface area contributed by atoms with Crippen molar-refractivity contribution >= 4 is 29.4 Å². The Kier molecular flexibility index (Phi) is 4.53. The highest BCUT2D eigenvalue weighted by Crippen LogP contribution is 2.27. The highest BCUT2D eigenvalue weighted by molar-refractivity contribution is 6.29. The molecule has 0 bridgehead atoms. The Balaban J connectivity index is 1.67. The normalized spacial score (nSPS) is 23.2. The summed E-state index contributed by atoms with van der Waals surface area (Å²) in [6.45, 7) is 4.21. The van der Waals surface area contributed by atoms with Crippen molar-refractivity contribution < 1.29 is 14.4 Å². The molecule has 2 saturated heterocycles. The number of piperidine rings is 1. The Hall–Kier alpha value is -2.41. The first-order valence-corrected chi connectivity index (χ1v) is 8.04. The number of pyridine rings is 1. The number of hydrogen-bond acceptors (Lipinski definition) is 4. The molecule has 1 N–H and O–H groups in total. The minimum Gasteiger partial charge on any atom is -0.349 e. The Labute approximate surface area is 144 Å². The fraction of sp³-hybridized carbons (Fsp3) is 0.375. The number of amides is 4. The topological polar surface area (TPSA) is 82.6 Å². The van der Waals surface area contributed by atoms with Crippen LogP contribution in [0.4, 0.5) is 4.79 Å². The van der Waals surface area contributed by atoms with Crippen LogP contribution in [0.1, 0.15) is 23.2 Å². The third kappa shape index (κ3) is 2.99. The van der Waals surface area contributed by atoms with E-state index in [0.717, 1.165) is 0 Å². The predicted octanol–water partition coefficient (Wildman–Crippen LogP) is 1.45. The molecule has 2 aliphatic heterocycles. The van der Waals surface area contributed by atoms with Crippen LogP contribution in [0.25, 0.3) is 0 Å². The van der Waals surface area contributed by atoms with Crippen molar-refractivity contribution in [1.82, 2.24) is 20.1 Å². The van der Waals surface area contributed by atoms with Crippen molar-refractivity contribution in [3.63, 3.8) is 0 Å². The van der Waals surface area contributed by atoms with Crippen LogP contribution in [0, 0.1) is 0 Å². The van der Waals surface area contributed by atoms with Crippen LogP contribution < -0.4 is 5.32 Å². The molecule has 0 unspecified atom stereocenters. The van der Waals surface area contributed by atoms with Gasteiger partial charge in [-0.3, -0.25) is 14.5 Å². The fourth-order valence-electron chi connectivity index (χ4n) is 3.10. The van der Waals surface area contributed by atoms with Crippen LogP contribution in [0.5, 0.6) is 0 Å². The highest BCUT2D eigenvalue weighted by atomic mass is 35.5. The van der Waals surface area contributed by atoms with Gasteiger partial charge in [-0.15, -0.1) is 6.58 Å². The van der Waals surface area contributed by atoms with Crippen molar-refractivity contribution in [2.24, 2.45) is 0 Å². The maximum absolute atomic E-state index is 12.4. The number of halogens is 1. The molecule has 2 atom stereocenters. The van der Waals surface area contributed by atoms with E-state index in [1.54, 1.807) is 11.0 Å². The SMILES string of the molecule is C=CCN1C(=O)[C@@H]2C[C@@H](NC(=O)c3ccnc(Cl)c3)CCN2C1=O. The number of fused-ring (bicyclic) bond motifs is 1. The number of rotatable bonds is 4. The lowest BCUT2D eigenvalue weighted by Crippen LogP contribution is -2.49. The van der Waals surface area contributed by atoms with Crippen molar-refractivity contribution in [2.75, 3.05) is 13.1 Å². The van der Waals surface area contributed by atoms with Gasteiger partial charge in [0, 0.05) is 30.9 Å². The second kappa shape index (κ2) is 6.60. The zero-order valence-electron chi connectivity index (χ0n) is 12.9. The molecule has 2 aliphatic rings. The van der Waals surface area contributed by atoms with Gasteiger partial charge < -0.3 is 10.2 Å². The van der Waals surface area contributed by atoms with E-state index in [1.807, 2.05) is 0 Å². The molecule has 2 fully saturated rings. The van der Waals surface area contributed by atoms with Crippen LogP contribution in [0.15, 0.2) is 31.0 Å². The second-order valence-corrected chi connectivity index (χ2v) is 6.18. The summed E-state index contributed by atoms with van der Waals surface area (Å²) in [7, 11) is 0. The van der Waals surface area contributed by atoms with E-state index in [9.17, 15) is 14.4 Å². The summed E-state index contributed by atoms with van der Waals surface area (Å²) >= 11 is 5.79. The Morgan fingerprint density at radius 3 is 3.00 bits per heavy atom. The molecular formula is C16H17ClN4O3. The van der Waals surface area contributed by atoms with Crippen LogP contribution in [-0.2, 0) is 4.79 Å². The van der Waals surface area contributed by atoms with E-state index >= 15 is 0 Å². The van der Waals surface area contributed by atoms with E-state index in [2.05, 4.69) is 16.9 Å². The third-order valence-electron chi connectivity index (χ3n) is 4.27. The van der Waals surface area contributed by atoms with Gasteiger partial charge in [0.25, 0.3) is 11.8 Å². The summed E-state index contributed by atoms with van der Waals surface area (Å²) in [5.41, 5.74) is 0.416. The summed E-state index contributed by atoms with van der Waals surface area (Å²) in [6.07, 6.45) is 4.00. The molecule has 4 amide bonds. The minimum absolute atomic E-state index is 0.175. The lowest BCUT2D eigenvalue weighted by molar-refractivity contribution is -0.128. The fourth-order valence-corrected chi connectivity index (χ4v) is 3.27. The molecule has 0 aromatic carbocycles. The van der Waals surface area contributed by atoms with Crippen molar-refractivity contribution in [2.45, 2.75) is 24.9 Å². The standard InChI is InChI=1S/C16H17ClN4O3/c1-2-6-21-15(23)12-9-11(4-7-20(12)16(21)24)19-14(22)10-3-5-18-13(17)8-10/h2-3,5,8,11-12H,1,4,6-7,9H2,(H,19,22)/t11-,12-/m0/s1. The first-order chi connectivity index (χ1) is 11.5. The smallest absolute Gasteiger partial charge is 0.327 e. The van der Waals surface area contributed by atoms with E-state index in [0.29, 0.717) is 24.9 Å². The Morgan fingerprint density at radius 2 is 2.29 bits per heavy atom. The van der Waals surface area contributed by atoms with Crippen LogP contribution in [0.2, 0.25) is 5.15 Å². The van der Waals surface area contributed by atoms with Gasteiger partial charge in [-0.1, -0.05) is 17.7 Å². The number of imide groups is 1. The Bertz CT molecular complexity index is 708. The number of carbonyl (C=O) groups excluding carboxylic acids is 3. The van der Waals surface area contributed by atoms with E-state index in [-0.39, 0.29) is 35.6 Å². The first-order valence-electron chi connectivity index (χ1n) is 7.66. The van der Waals surface area contributed by atoms with Gasteiger partial charge in [-0.2, -0.15) is 0 Å². The van der Waals surface area contributed by atoms with E-state index in [4.69, 9.17) is 11.6 Å². The summed E-state index contributed by atoms with van der Waals surface area (Å²) in [6, 6.07) is 2.09. The molecule has 7 nitrogen and oxygen atoms in total. The molecule has 0 saturated carbocycles. The zero-order valence-corrected chi connectivity index (χ0v) is 13.7. The maximum Gasteiger partial charge on any atom is 0.327 e. The number of nitrogens with one attached hydrogen (secondary N) is 1. The highest BCUT2D eigenvalue weighted by Gasteiger charge is 2.47. The molecule has 3 heterocycles. The summed E-state index contributed by atoms with van der Waals surface area (Å²) in [5.74, 6) is -0.497.